The lowest BCUT2D eigenvalue weighted by atomic mass is 10.2. The molecule has 0 aromatic carbocycles. The fourth-order valence-electron chi connectivity index (χ4n) is 2.38. The van der Waals surface area contributed by atoms with Crippen LogP contribution in [0.5, 0.6) is 0 Å². The molecular formula is C14H20Cl2N2O2S. The van der Waals surface area contributed by atoms with Gasteiger partial charge in [-0.2, -0.15) is 0 Å². The number of hydrogen-bond donors (Lipinski definition) is 1. The lowest BCUT2D eigenvalue weighted by Gasteiger charge is -2.33. The first-order valence-corrected chi connectivity index (χ1v) is 8.60. The molecule has 0 saturated carbocycles. The first kappa shape index (κ1) is 17.0. The van der Waals surface area contributed by atoms with Gasteiger partial charge in [0.1, 0.15) is 4.34 Å². The van der Waals surface area contributed by atoms with Crippen LogP contribution in [0.4, 0.5) is 0 Å². The molecule has 0 spiro atoms. The largest absolute Gasteiger partial charge is 0.374 e. The average molecular weight is 351 g/mol. The zero-order chi connectivity index (χ0) is 15.4. The molecular weight excluding hydrogens is 331 g/mol. The lowest BCUT2D eigenvalue weighted by Crippen LogP contribution is -2.48. The van der Waals surface area contributed by atoms with Crippen LogP contribution in [0.1, 0.15) is 24.2 Å². The third-order valence-corrected chi connectivity index (χ3v) is 4.73. The Balaban J connectivity index is 1.82. The minimum atomic E-state index is -0.201. The molecule has 1 amide bonds. The molecule has 2 rings (SSSR count). The second kappa shape index (κ2) is 7.79. The van der Waals surface area contributed by atoms with Crippen molar-refractivity contribution in [3.8, 4) is 0 Å². The molecule has 1 unspecified atom stereocenters. The van der Waals surface area contributed by atoms with Gasteiger partial charge >= 0.3 is 0 Å². The van der Waals surface area contributed by atoms with Crippen molar-refractivity contribution in [1.82, 2.24) is 10.2 Å². The Bertz CT molecular complexity index is 493. The van der Waals surface area contributed by atoms with E-state index in [1.165, 1.54) is 11.3 Å². The SMILES string of the molecule is CC(C)CN1CCOC(CNC(=O)c2cc(Cl)sc2Cl)C1. The van der Waals surface area contributed by atoms with E-state index < -0.39 is 0 Å². The molecule has 7 heteroatoms. The summed E-state index contributed by atoms with van der Waals surface area (Å²) in [6, 6.07) is 1.59. The van der Waals surface area contributed by atoms with Crippen LogP contribution in [-0.2, 0) is 4.74 Å². The smallest absolute Gasteiger partial charge is 0.253 e. The summed E-state index contributed by atoms with van der Waals surface area (Å²) in [5.41, 5.74) is 0.432. The molecule has 4 nitrogen and oxygen atoms in total. The topological polar surface area (TPSA) is 41.6 Å². The maximum absolute atomic E-state index is 12.1. The Morgan fingerprint density at radius 2 is 2.33 bits per heavy atom. The molecule has 1 aliphatic rings. The van der Waals surface area contributed by atoms with Gasteiger partial charge in [0, 0.05) is 26.2 Å². The van der Waals surface area contributed by atoms with E-state index in [4.69, 9.17) is 27.9 Å². The third kappa shape index (κ3) is 5.11. The monoisotopic (exact) mass is 350 g/mol. The van der Waals surface area contributed by atoms with Crippen LogP contribution < -0.4 is 5.32 Å². The van der Waals surface area contributed by atoms with Gasteiger partial charge in [0.2, 0.25) is 0 Å². The van der Waals surface area contributed by atoms with E-state index in [-0.39, 0.29) is 12.0 Å². The number of carbonyl (C=O) groups is 1. The number of hydrogen-bond acceptors (Lipinski definition) is 4. The van der Waals surface area contributed by atoms with Crippen LogP contribution in [0.25, 0.3) is 0 Å². The Kier molecular flexibility index (Phi) is 6.32. The van der Waals surface area contributed by atoms with Gasteiger partial charge < -0.3 is 10.1 Å². The molecule has 1 atom stereocenters. The van der Waals surface area contributed by atoms with Crippen LogP contribution in [0.3, 0.4) is 0 Å². The molecule has 1 aromatic heterocycles. The summed E-state index contributed by atoms with van der Waals surface area (Å²) in [5, 5.41) is 2.87. The highest BCUT2D eigenvalue weighted by Gasteiger charge is 2.22. The van der Waals surface area contributed by atoms with Gasteiger partial charge in [0.15, 0.2) is 0 Å². The summed E-state index contributed by atoms with van der Waals surface area (Å²) in [7, 11) is 0. The molecule has 0 radical (unpaired) electrons. The van der Waals surface area contributed by atoms with Crippen molar-refractivity contribution < 1.29 is 9.53 Å². The van der Waals surface area contributed by atoms with Crippen molar-refractivity contribution in [3.05, 3.63) is 20.3 Å². The summed E-state index contributed by atoms with van der Waals surface area (Å²) in [5.74, 6) is 0.429. The molecule has 1 saturated heterocycles. The quantitative estimate of drug-likeness (QED) is 0.886. The van der Waals surface area contributed by atoms with Crippen LogP contribution in [0.15, 0.2) is 6.07 Å². The first-order chi connectivity index (χ1) is 9.95. The van der Waals surface area contributed by atoms with Crippen molar-refractivity contribution in [2.45, 2.75) is 20.0 Å². The van der Waals surface area contributed by atoms with Gasteiger partial charge in [-0.15, -0.1) is 11.3 Å². The highest BCUT2D eigenvalue weighted by Crippen LogP contribution is 2.30. The number of nitrogens with one attached hydrogen (secondary N) is 1. The normalized spacial score (nSPS) is 20.0. The van der Waals surface area contributed by atoms with Crippen molar-refractivity contribution in [2.75, 3.05) is 32.8 Å². The number of halogens is 2. The lowest BCUT2D eigenvalue weighted by molar-refractivity contribution is -0.0295. The highest BCUT2D eigenvalue weighted by molar-refractivity contribution is 7.20. The maximum atomic E-state index is 12.1. The molecule has 1 aliphatic heterocycles. The summed E-state index contributed by atoms with van der Waals surface area (Å²) >= 11 is 13.0. The van der Waals surface area contributed by atoms with E-state index in [1.807, 2.05) is 0 Å². The molecule has 21 heavy (non-hydrogen) atoms. The van der Waals surface area contributed by atoms with E-state index in [0.29, 0.717) is 33.3 Å². The Morgan fingerprint density at radius 1 is 1.57 bits per heavy atom. The van der Waals surface area contributed by atoms with Gasteiger partial charge in [-0.05, 0) is 12.0 Å². The second-order valence-electron chi connectivity index (χ2n) is 5.59. The Hall–Kier alpha value is -0.330. The molecule has 0 aliphatic carbocycles. The predicted octanol–water partition coefficient (Wildman–Crippen LogP) is 3.14. The number of thiophene rings is 1. The number of nitrogens with zero attached hydrogens (tertiary/aromatic N) is 1. The Morgan fingerprint density at radius 3 is 2.95 bits per heavy atom. The molecule has 0 bridgehead atoms. The Labute approximate surface area is 139 Å². The standard InChI is InChI=1S/C14H20Cl2N2O2S/c1-9(2)7-18-3-4-20-10(8-18)6-17-14(19)11-5-12(15)21-13(11)16/h5,9-10H,3-4,6-8H2,1-2H3,(H,17,19). The third-order valence-electron chi connectivity index (χ3n) is 3.24. The van der Waals surface area contributed by atoms with Crippen LogP contribution in [0, 0.1) is 5.92 Å². The minimum absolute atomic E-state index is 0.0225. The highest BCUT2D eigenvalue weighted by atomic mass is 35.5. The van der Waals surface area contributed by atoms with E-state index in [1.54, 1.807) is 6.07 Å². The van der Waals surface area contributed by atoms with E-state index in [9.17, 15) is 4.79 Å². The molecule has 2 heterocycles. The number of morpholine rings is 1. The number of carbonyl (C=O) groups excluding carboxylic acids is 1. The van der Waals surface area contributed by atoms with Crippen molar-refractivity contribution in [1.29, 1.82) is 0 Å². The van der Waals surface area contributed by atoms with Gasteiger partial charge in [-0.3, -0.25) is 9.69 Å². The fraction of sp³-hybridized carbons (Fsp3) is 0.643. The first-order valence-electron chi connectivity index (χ1n) is 7.02. The van der Waals surface area contributed by atoms with E-state index in [0.717, 1.165) is 19.6 Å². The van der Waals surface area contributed by atoms with Crippen LogP contribution in [-0.4, -0.2) is 49.7 Å². The zero-order valence-corrected chi connectivity index (χ0v) is 14.5. The second-order valence-corrected chi connectivity index (χ2v) is 7.88. The van der Waals surface area contributed by atoms with E-state index >= 15 is 0 Å². The number of rotatable bonds is 5. The van der Waals surface area contributed by atoms with Crippen molar-refractivity contribution in [2.24, 2.45) is 5.92 Å². The average Bonchev–Trinajstić information content (AvgIpc) is 2.75. The predicted molar refractivity (Wildman–Crippen MR) is 87.7 cm³/mol. The number of amides is 1. The van der Waals surface area contributed by atoms with Crippen molar-refractivity contribution in [3.63, 3.8) is 0 Å². The van der Waals surface area contributed by atoms with Gasteiger partial charge in [-0.1, -0.05) is 37.0 Å². The van der Waals surface area contributed by atoms with Gasteiger partial charge in [-0.25, -0.2) is 0 Å². The van der Waals surface area contributed by atoms with Gasteiger partial charge in [0.05, 0.1) is 22.6 Å². The summed E-state index contributed by atoms with van der Waals surface area (Å²) in [4.78, 5) is 14.4. The van der Waals surface area contributed by atoms with E-state index in [2.05, 4.69) is 24.1 Å². The molecule has 1 fully saturated rings. The minimum Gasteiger partial charge on any atom is -0.374 e. The summed E-state index contributed by atoms with van der Waals surface area (Å²) in [6.45, 7) is 8.45. The van der Waals surface area contributed by atoms with Crippen molar-refractivity contribution >= 4 is 40.4 Å². The summed E-state index contributed by atoms with van der Waals surface area (Å²) in [6.07, 6.45) is 0.0225. The fourth-order valence-corrected chi connectivity index (χ4v) is 3.84. The maximum Gasteiger partial charge on any atom is 0.253 e. The molecule has 118 valence electrons. The number of ether oxygens (including phenoxy) is 1. The van der Waals surface area contributed by atoms with Crippen LogP contribution >= 0.6 is 34.5 Å². The molecule has 1 N–H and O–H groups in total. The van der Waals surface area contributed by atoms with Crippen LogP contribution in [0.2, 0.25) is 8.67 Å². The van der Waals surface area contributed by atoms with Gasteiger partial charge in [0.25, 0.3) is 5.91 Å². The zero-order valence-electron chi connectivity index (χ0n) is 12.2. The molecule has 1 aromatic rings. The summed E-state index contributed by atoms with van der Waals surface area (Å²) < 4.78 is 6.63.